The van der Waals surface area contributed by atoms with Gasteiger partial charge in [0.1, 0.15) is 0 Å². The molecule has 0 spiro atoms. The van der Waals surface area contributed by atoms with Crippen molar-refractivity contribution in [3.8, 4) is 0 Å². The van der Waals surface area contributed by atoms with Gasteiger partial charge in [0, 0.05) is 0 Å². The van der Waals surface area contributed by atoms with Crippen molar-refractivity contribution in [3.63, 3.8) is 0 Å². The van der Waals surface area contributed by atoms with E-state index in [-0.39, 0.29) is 0 Å². The Bertz CT molecular complexity index is 673. The lowest BCUT2D eigenvalue weighted by Crippen LogP contribution is -2.02. The monoisotopic (exact) mass is 476 g/mol. The highest BCUT2D eigenvalue weighted by Crippen LogP contribution is 2.30. The Morgan fingerprint density at radius 1 is 0.429 bits per heavy atom. The first-order chi connectivity index (χ1) is 17.1. The summed E-state index contributed by atoms with van der Waals surface area (Å²) in [6.45, 7) is 9.38. The Labute approximate surface area is 219 Å². The molecule has 2 unspecified atom stereocenters. The van der Waals surface area contributed by atoms with Crippen molar-refractivity contribution in [1.29, 1.82) is 0 Å². The second-order valence-electron chi connectivity index (χ2n) is 11.3. The molecule has 2 atom stereocenters. The maximum Gasteiger partial charge on any atom is -0.0185 e. The Morgan fingerprint density at radius 2 is 0.743 bits per heavy atom. The highest BCUT2D eigenvalue weighted by molar-refractivity contribution is 5.28. The molecule has 196 valence electrons. The average Bonchev–Trinajstić information content (AvgIpc) is 2.88. The van der Waals surface area contributed by atoms with Gasteiger partial charge in [0.15, 0.2) is 0 Å². The molecule has 0 saturated carbocycles. The van der Waals surface area contributed by atoms with E-state index in [1.165, 1.54) is 131 Å². The van der Waals surface area contributed by atoms with E-state index >= 15 is 0 Å². The normalized spacial score (nSPS) is 13.1. The van der Waals surface area contributed by atoms with Gasteiger partial charge in [-0.1, -0.05) is 153 Å². The highest BCUT2D eigenvalue weighted by Gasteiger charge is 2.13. The molecule has 0 nitrogen and oxygen atoms in total. The van der Waals surface area contributed by atoms with Gasteiger partial charge in [-0.3, -0.25) is 0 Å². The third kappa shape index (κ3) is 12.8. The summed E-state index contributed by atoms with van der Waals surface area (Å²) in [5, 5.41) is 0. The van der Waals surface area contributed by atoms with Crippen molar-refractivity contribution in [2.75, 3.05) is 0 Å². The summed E-state index contributed by atoms with van der Waals surface area (Å²) in [5.41, 5.74) is 6.02. The molecule has 0 heteroatoms. The molecule has 0 radical (unpaired) electrons. The second kappa shape index (κ2) is 18.7. The van der Waals surface area contributed by atoms with Crippen LogP contribution in [0.2, 0.25) is 0 Å². The first-order valence-corrected chi connectivity index (χ1v) is 15.3. The minimum absolute atomic E-state index is 0.602. The zero-order valence-electron chi connectivity index (χ0n) is 23.8. The molecule has 2 aromatic rings. The lowest BCUT2D eigenvalue weighted by Gasteiger charge is -2.19. The first-order valence-electron chi connectivity index (χ1n) is 15.3. The molecule has 0 aromatic heterocycles. The Hall–Kier alpha value is -1.56. The van der Waals surface area contributed by atoms with E-state index < -0.39 is 0 Å². The molecule has 0 bridgehead atoms. The van der Waals surface area contributed by atoms with Crippen LogP contribution in [-0.2, 0) is 12.8 Å². The SMILES string of the molecule is CCCCCCCCCc1ccc(C(C)CC(C)c2ccc(CCCCCCCCC)cc2)cc1. The second-order valence-corrected chi connectivity index (χ2v) is 11.3. The molecule has 0 aliphatic heterocycles. The van der Waals surface area contributed by atoms with Gasteiger partial charge in [0.25, 0.3) is 0 Å². The van der Waals surface area contributed by atoms with Crippen LogP contribution in [0.3, 0.4) is 0 Å². The molecule has 35 heavy (non-hydrogen) atoms. The number of hydrogen-bond acceptors (Lipinski definition) is 0. The summed E-state index contributed by atoms with van der Waals surface area (Å²) in [7, 11) is 0. The molecular weight excluding hydrogens is 420 g/mol. The maximum absolute atomic E-state index is 2.40. The largest absolute Gasteiger partial charge is 0.0654 e. The van der Waals surface area contributed by atoms with Crippen LogP contribution in [0.4, 0.5) is 0 Å². The smallest absolute Gasteiger partial charge is 0.0185 e. The van der Waals surface area contributed by atoms with Gasteiger partial charge in [0.2, 0.25) is 0 Å². The van der Waals surface area contributed by atoms with Gasteiger partial charge in [-0.05, 0) is 66.2 Å². The minimum Gasteiger partial charge on any atom is -0.0654 e. The summed E-state index contributed by atoms with van der Waals surface area (Å²) in [6, 6.07) is 19.1. The number of hydrogen-bond donors (Lipinski definition) is 0. The van der Waals surface area contributed by atoms with E-state index in [1.807, 2.05) is 0 Å². The van der Waals surface area contributed by atoms with Crippen LogP contribution in [0.25, 0.3) is 0 Å². The molecule has 0 saturated heterocycles. The number of aryl methyl sites for hydroxylation is 2. The predicted octanol–water partition coefficient (Wildman–Crippen LogP) is 11.6. The van der Waals surface area contributed by atoms with Crippen LogP contribution in [0.1, 0.15) is 158 Å². The first kappa shape index (κ1) is 29.7. The van der Waals surface area contributed by atoms with Crippen molar-refractivity contribution < 1.29 is 0 Å². The van der Waals surface area contributed by atoms with Crippen LogP contribution in [0.5, 0.6) is 0 Å². The molecule has 0 N–H and O–H groups in total. The maximum atomic E-state index is 2.40. The van der Waals surface area contributed by atoms with E-state index in [0.29, 0.717) is 11.8 Å². The van der Waals surface area contributed by atoms with Gasteiger partial charge in [-0.2, -0.15) is 0 Å². The van der Waals surface area contributed by atoms with E-state index in [4.69, 9.17) is 0 Å². The fraction of sp³-hybridized carbons (Fsp3) is 0.657. The van der Waals surface area contributed by atoms with Gasteiger partial charge in [-0.25, -0.2) is 0 Å². The van der Waals surface area contributed by atoms with E-state index in [2.05, 4.69) is 76.2 Å². The number of benzene rings is 2. The van der Waals surface area contributed by atoms with Crippen molar-refractivity contribution in [2.24, 2.45) is 0 Å². The lowest BCUT2D eigenvalue weighted by molar-refractivity contribution is 0.587. The number of rotatable bonds is 20. The molecule has 0 aliphatic carbocycles. The van der Waals surface area contributed by atoms with Crippen LogP contribution >= 0.6 is 0 Å². The van der Waals surface area contributed by atoms with Crippen molar-refractivity contribution in [2.45, 2.75) is 149 Å². The summed E-state index contributed by atoms with van der Waals surface area (Å²) >= 11 is 0. The van der Waals surface area contributed by atoms with E-state index in [1.54, 1.807) is 0 Å². The average molecular weight is 477 g/mol. The van der Waals surface area contributed by atoms with E-state index in [9.17, 15) is 0 Å². The Morgan fingerprint density at radius 3 is 1.09 bits per heavy atom. The lowest BCUT2D eigenvalue weighted by atomic mass is 9.86. The summed E-state index contributed by atoms with van der Waals surface area (Å²) < 4.78 is 0. The third-order valence-corrected chi connectivity index (χ3v) is 7.94. The zero-order valence-corrected chi connectivity index (χ0v) is 23.8. The van der Waals surface area contributed by atoms with Crippen LogP contribution in [-0.4, -0.2) is 0 Å². The fourth-order valence-corrected chi connectivity index (χ4v) is 5.40. The third-order valence-electron chi connectivity index (χ3n) is 7.94. The molecule has 0 amide bonds. The molecule has 0 aliphatic rings. The molecule has 0 fully saturated rings. The molecule has 2 rings (SSSR count). The van der Waals surface area contributed by atoms with Gasteiger partial charge < -0.3 is 0 Å². The fourth-order valence-electron chi connectivity index (χ4n) is 5.40. The molecule has 0 heterocycles. The van der Waals surface area contributed by atoms with Gasteiger partial charge >= 0.3 is 0 Å². The molecular formula is C35H56. The van der Waals surface area contributed by atoms with Crippen molar-refractivity contribution in [3.05, 3.63) is 70.8 Å². The van der Waals surface area contributed by atoms with Gasteiger partial charge in [-0.15, -0.1) is 0 Å². The van der Waals surface area contributed by atoms with Crippen molar-refractivity contribution >= 4 is 0 Å². The van der Waals surface area contributed by atoms with Crippen molar-refractivity contribution in [1.82, 2.24) is 0 Å². The Balaban J connectivity index is 1.67. The standard InChI is InChI=1S/C35H56/c1-5-7-9-11-13-15-17-19-32-21-25-34(26-22-32)30(3)29-31(4)35-27-23-33(24-28-35)20-18-16-14-12-10-8-6-2/h21-28,30-31H,5-20,29H2,1-4H3. The van der Waals surface area contributed by atoms with Crippen LogP contribution < -0.4 is 0 Å². The highest BCUT2D eigenvalue weighted by atomic mass is 14.2. The quantitative estimate of drug-likeness (QED) is 0.167. The van der Waals surface area contributed by atoms with Gasteiger partial charge in [0.05, 0.1) is 0 Å². The Kier molecular flexibility index (Phi) is 15.8. The van der Waals surface area contributed by atoms with Crippen LogP contribution in [0, 0.1) is 0 Å². The predicted molar refractivity (Wildman–Crippen MR) is 158 cm³/mol. The minimum atomic E-state index is 0.602. The number of unbranched alkanes of at least 4 members (excludes halogenated alkanes) is 12. The van der Waals surface area contributed by atoms with E-state index in [0.717, 1.165) is 0 Å². The summed E-state index contributed by atoms with van der Waals surface area (Å²) in [5.74, 6) is 1.20. The topological polar surface area (TPSA) is 0 Å². The zero-order chi connectivity index (χ0) is 25.1. The van der Waals surface area contributed by atoms with Crippen LogP contribution in [0.15, 0.2) is 48.5 Å². The summed E-state index contributed by atoms with van der Waals surface area (Å²) in [4.78, 5) is 0. The summed E-state index contributed by atoms with van der Waals surface area (Å²) in [6.07, 6.45) is 23.2. The molecule has 2 aromatic carbocycles.